The summed E-state index contributed by atoms with van der Waals surface area (Å²) < 4.78 is 0. The van der Waals surface area contributed by atoms with Gasteiger partial charge in [-0.3, -0.25) is 0 Å². The Balaban J connectivity index is 2.22. The zero-order valence-corrected chi connectivity index (χ0v) is 18.5. The van der Waals surface area contributed by atoms with Gasteiger partial charge in [0.05, 0.1) is 0 Å². The molecule has 3 rings (SSSR count). The maximum atomic E-state index is 11.4. The summed E-state index contributed by atoms with van der Waals surface area (Å²) in [5, 5.41) is 22.0. The summed E-state index contributed by atoms with van der Waals surface area (Å²) in [5.74, 6) is 1.62. The summed E-state index contributed by atoms with van der Waals surface area (Å²) in [6, 6.07) is 9.66. The van der Waals surface area contributed by atoms with Gasteiger partial charge in [0.15, 0.2) is 0 Å². The first-order chi connectivity index (χ1) is 14.3. The van der Waals surface area contributed by atoms with Crippen molar-refractivity contribution in [3.05, 3.63) is 84.0 Å². The molecular weight excluding hydrogens is 368 g/mol. The minimum atomic E-state index is 0.167. The molecule has 1 aliphatic rings. The van der Waals surface area contributed by atoms with Gasteiger partial charge in [-0.1, -0.05) is 49.8 Å². The molecule has 1 aliphatic carbocycles. The van der Waals surface area contributed by atoms with Crippen LogP contribution >= 0.6 is 0 Å². The van der Waals surface area contributed by atoms with Crippen LogP contribution < -0.4 is 0 Å². The first-order valence-corrected chi connectivity index (χ1v) is 10.9. The van der Waals surface area contributed by atoms with Crippen LogP contribution in [0.25, 0.3) is 11.1 Å². The van der Waals surface area contributed by atoms with Crippen LogP contribution in [-0.2, 0) is 12.8 Å². The Bertz CT molecular complexity index is 965. The van der Waals surface area contributed by atoms with Gasteiger partial charge >= 0.3 is 0 Å². The van der Waals surface area contributed by atoms with E-state index in [-0.39, 0.29) is 17.4 Å². The summed E-state index contributed by atoms with van der Waals surface area (Å²) in [6.45, 7) is 14.4. The number of rotatable bonds is 7. The van der Waals surface area contributed by atoms with Gasteiger partial charge in [-0.15, -0.1) is 13.2 Å². The van der Waals surface area contributed by atoms with Gasteiger partial charge in [0.1, 0.15) is 11.5 Å². The fraction of sp³-hybridized carbons (Fsp3) is 0.357. The molecule has 0 spiro atoms. The largest absolute Gasteiger partial charge is 0.507 e. The molecule has 30 heavy (non-hydrogen) atoms. The Morgan fingerprint density at radius 3 is 2.33 bits per heavy atom. The van der Waals surface area contributed by atoms with Crippen molar-refractivity contribution in [3.8, 4) is 22.6 Å². The van der Waals surface area contributed by atoms with E-state index in [4.69, 9.17) is 0 Å². The Labute approximate surface area is 181 Å². The predicted octanol–water partition coefficient (Wildman–Crippen LogP) is 7.32. The van der Waals surface area contributed by atoms with Crippen molar-refractivity contribution in [3.63, 3.8) is 0 Å². The molecule has 0 radical (unpaired) electrons. The maximum Gasteiger partial charge on any atom is 0.127 e. The van der Waals surface area contributed by atoms with Crippen LogP contribution in [-0.4, -0.2) is 10.2 Å². The molecule has 0 heterocycles. The third-order valence-electron chi connectivity index (χ3n) is 6.32. The Morgan fingerprint density at radius 2 is 1.67 bits per heavy atom. The van der Waals surface area contributed by atoms with Gasteiger partial charge in [0.25, 0.3) is 0 Å². The fourth-order valence-electron chi connectivity index (χ4n) is 4.71. The normalized spacial score (nSPS) is 18.9. The standard InChI is InChI=1S/C28H34O2/c1-6-8-20-11-13-27(29)24(15-20)26-17-21(9-7-2)16-25(28(26)30)23-14-19(5)10-12-22(23)18(3)4/h6-7,11,13-18,22-23,29-30H,1-2,8-10,12H2,3-5H3/t22-,23+/m0/s1. The lowest BCUT2D eigenvalue weighted by Gasteiger charge is -2.34. The monoisotopic (exact) mass is 402 g/mol. The molecule has 0 aliphatic heterocycles. The summed E-state index contributed by atoms with van der Waals surface area (Å²) in [6.07, 6.45) is 9.74. The highest BCUT2D eigenvalue weighted by molar-refractivity contribution is 5.78. The molecule has 2 heteroatoms. The van der Waals surface area contributed by atoms with Crippen molar-refractivity contribution in [1.82, 2.24) is 0 Å². The number of hydrogen-bond acceptors (Lipinski definition) is 2. The van der Waals surface area contributed by atoms with E-state index in [1.807, 2.05) is 30.4 Å². The number of aromatic hydroxyl groups is 2. The van der Waals surface area contributed by atoms with Crippen LogP contribution in [0.5, 0.6) is 11.5 Å². The molecule has 0 unspecified atom stereocenters. The van der Waals surface area contributed by atoms with E-state index >= 15 is 0 Å². The van der Waals surface area contributed by atoms with Gasteiger partial charge in [-0.25, -0.2) is 0 Å². The minimum Gasteiger partial charge on any atom is -0.507 e. The van der Waals surface area contributed by atoms with E-state index in [2.05, 4.69) is 46.1 Å². The SMILES string of the molecule is C=CCc1ccc(O)c(-c2cc(CC=C)cc([C@@H]3C=C(C)CC[C@H]3C(C)C)c2O)c1. The van der Waals surface area contributed by atoms with Crippen LogP contribution in [0.1, 0.15) is 56.2 Å². The van der Waals surface area contributed by atoms with Crippen molar-refractivity contribution in [1.29, 1.82) is 0 Å². The van der Waals surface area contributed by atoms with E-state index < -0.39 is 0 Å². The predicted molar refractivity (Wildman–Crippen MR) is 127 cm³/mol. The van der Waals surface area contributed by atoms with Crippen molar-refractivity contribution in [2.45, 2.75) is 52.4 Å². The van der Waals surface area contributed by atoms with Crippen molar-refractivity contribution < 1.29 is 10.2 Å². The average Bonchev–Trinajstić information content (AvgIpc) is 2.71. The summed E-state index contributed by atoms with van der Waals surface area (Å²) in [4.78, 5) is 0. The number of phenolic OH excluding ortho intramolecular Hbond substituents is 2. The Morgan fingerprint density at radius 1 is 1.00 bits per heavy atom. The second-order valence-electron chi connectivity index (χ2n) is 8.90. The molecule has 2 aromatic rings. The Kier molecular flexibility index (Phi) is 6.87. The Hall–Kier alpha value is -2.74. The van der Waals surface area contributed by atoms with Crippen LogP contribution in [0.2, 0.25) is 0 Å². The molecule has 0 fully saturated rings. The number of hydrogen-bond donors (Lipinski definition) is 2. The fourth-order valence-corrected chi connectivity index (χ4v) is 4.71. The van der Waals surface area contributed by atoms with E-state index in [0.29, 0.717) is 29.4 Å². The van der Waals surface area contributed by atoms with Gasteiger partial charge in [-0.05, 0) is 73.8 Å². The van der Waals surface area contributed by atoms with Crippen LogP contribution in [0, 0.1) is 11.8 Å². The molecule has 2 N–H and O–H groups in total. The van der Waals surface area contributed by atoms with E-state index in [1.54, 1.807) is 6.07 Å². The highest BCUT2D eigenvalue weighted by Gasteiger charge is 2.30. The second-order valence-corrected chi connectivity index (χ2v) is 8.90. The molecule has 2 atom stereocenters. The first-order valence-electron chi connectivity index (χ1n) is 10.9. The number of allylic oxidation sites excluding steroid dienone is 4. The van der Waals surface area contributed by atoms with E-state index in [1.165, 1.54) is 5.57 Å². The summed E-state index contributed by atoms with van der Waals surface area (Å²) >= 11 is 0. The van der Waals surface area contributed by atoms with Gasteiger partial charge in [0.2, 0.25) is 0 Å². The van der Waals surface area contributed by atoms with E-state index in [0.717, 1.165) is 36.0 Å². The van der Waals surface area contributed by atoms with Crippen LogP contribution in [0.15, 0.2) is 67.3 Å². The molecular formula is C28H34O2. The summed E-state index contributed by atoms with van der Waals surface area (Å²) in [7, 11) is 0. The molecule has 0 saturated heterocycles. The third-order valence-corrected chi connectivity index (χ3v) is 6.32. The summed E-state index contributed by atoms with van der Waals surface area (Å²) in [5.41, 5.74) is 5.84. The van der Waals surface area contributed by atoms with E-state index in [9.17, 15) is 10.2 Å². The van der Waals surface area contributed by atoms with Gasteiger partial charge in [0, 0.05) is 22.6 Å². The number of phenols is 2. The lowest BCUT2D eigenvalue weighted by atomic mass is 9.71. The minimum absolute atomic E-state index is 0.167. The van der Waals surface area contributed by atoms with Crippen LogP contribution in [0.4, 0.5) is 0 Å². The third kappa shape index (κ3) is 4.53. The van der Waals surface area contributed by atoms with Crippen LogP contribution in [0.3, 0.4) is 0 Å². The van der Waals surface area contributed by atoms with Crippen molar-refractivity contribution in [2.75, 3.05) is 0 Å². The molecule has 0 saturated carbocycles. The molecule has 0 aromatic heterocycles. The quantitative estimate of drug-likeness (QED) is 0.476. The second kappa shape index (κ2) is 9.38. The highest BCUT2D eigenvalue weighted by Crippen LogP contribution is 2.47. The first kappa shape index (κ1) is 22.0. The molecule has 0 bridgehead atoms. The lowest BCUT2D eigenvalue weighted by molar-refractivity contribution is 0.310. The van der Waals surface area contributed by atoms with Crippen molar-refractivity contribution in [2.24, 2.45) is 11.8 Å². The zero-order chi connectivity index (χ0) is 21.8. The maximum absolute atomic E-state index is 11.4. The molecule has 2 aromatic carbocycles. The smallest absolute Gasteiger partial charge is 0.127 e. The van der Waals surface area contributed by atoms with Crippen molar-refractivity contribution >= 4 is 0 Å². The lowest BCUT2D eigenvalue weighted by Crippen LogP contribution is -2.21. The molecule has 0 amide bonds. The molecule has 158 valence electrons. The number of benzene rings is 2. The highest BCUT2D eigenvalue weighted by atomic mass is 16.3. The topological polar surface area (TPSA) is 40.5 Å². The zero-order valence-electron chi connectivity index (χ0n) is 18.5. The van der Waals surface area contributed by atoms with Gasteiger partial charge in [-0.2, -0.15) is 0 Å². The average molecular weight is 403 g/mol. The molecule has 2 nitrogen and oxygen atoms in total. The van der Waals surface area contributed by atoms with Gasteiger partial charge < -0.3 is 10.2 Å².